The third kappa shape index (κ3) is 6.12. The minimum absolute atomic E-state index is 0.0281. The third-order valence-corrected chi connectivity index (χ3v) is 5.44. The van der Waals surface area contributed by atoms with Gasteiger partial charge in [0.2, 0.25) is 11.0 Å². The van der Waals surface area contributed by atoms with E-state index in [0.717, 1.165) is 0 Å². The summed E-state index contributed by atoms with van der Waals surface area (Å²) in [6, 6.07) is 11.4. The molecule has 1 amide bonds. The van der Waals surface area contributed by atoms with Gasteiger partial charge in [-0.2, -0.15) is 0 Å². The van der Waals surface area contributed by atoms with Crippen molar-refractivity contribution in [2.45, 2.75) is 37.9 Å². The second-order valence-electron chi connectivity index (χ2n) is 7.68. The summed E-state index contributed by atoms with van der Waals surface area (Å²) < 4.78 is 51.3. The van der Waals surface area contributed by atoms with E-state index in [9.17, 15) is 17.6 Å². The van der Waals surface area contributed by atoms with Crippen molar-refractivity contribution in [3.63, 3.8) is 0 Å². The molecule has 0 aliphatic carbocycles. The first kappa shape index (κ1) is 22.4. The zero-order valence-corrected chi connectivity index (χ0v) is 18.0. The van der Waals surface area contributed by atoms with Crippen LogP contribution >= 0.6 is 0 Å². The molecule has 0 saturated heterocycles. The Bertz CT molecular complexity index is 1190. The molecular formula is C21H22FN3O5S. The molecule has 2 N–H and O–H groups in total. The van der Waals surface area contributed by atoms with E-state index < -0.39 is 27.3 Å². The number of halogens is 1. The van der Waals surface area contributed by atoms with E-state index in [1.807, 2.05) is 0 Å². The van der Waals surface area contributed by atoms with Gasteiger partial charge in [-0.3, -0.25) is 4.79 Å². The largest absolute Gasteiger partial charge is 0.439 e. The first-order chi connectivity index (χ1) is 14.5. The molecule has 164 valence electrons. The molecule has 0 aliphatic rings. The summed E-state index contributed by atoms with van der Waals surface area (Å²) in [5.41, 5.74) is -0.166. The number of aromatic nitrogens is 1. The van der Waals surface area contributed by atoms with Gasteiger partial charge in [0.25, 0.3) is 15.9 Å². The highest BCUT2D eigenvalue weighted by molar-refractivity contribution is 7.89. The molecule has 2 aromatic heterocycles. The number of nitrogens with one attached hydrogen (secondary N) is 2. The number of carbonyl (C=O) groups excluding carboxylic acids is 1. The molecule has 0 atom stereocenters. The highest BCUT2D eigenvalue weighted by Gasteiger charge is 2.26. The minimum atomic E-state index is -3.90. The molecule has 3 aromatic rings. The van der Waals surface area contributed by atoms with E-state index in [1.54, 1.807) is 39.0 Å². The standard InChI is InChI=1S/C21H22FN3O5S/c1-21(2,3)25-31(27,28)18-10-9-17(30-18)19(26)24-13-14-6-5-11-23-20(14)29-16-8-4-7-15(22)12-16/h4-12,25H,13H2,1-3H3,(H,24,26). The molecule has 0 fully saturated rings. The Balaban J connectivity index is 1.69. The second kappa shape index (κ2) is 8.86. The number of furan rings is 1. The molecule has 1 aromatic carbocycles. The number of ether oxygens (including phenoxy) is 1. The van der Waals surface area contributed by atoms with Crippen LogP contribution in [-0.4, -0.2) is 24.8 Å². The van der Waals surface area contributed by atoms with Crippen LogP contribution in [0.25, 0.3) is 0 Å². The van der Waals surface area contributed by atoms with Crippen LogP contribution in [0.4, 0.5) is 4.39 Å². The Morgan fingerprint density at radius 2 is 1.94 bits per heavy atom. The number of benzene rings is 1. The fraction of sp³-hybridized carbons (Fsp3) is 0.238. The molecule has 0 saturated carbocycles. The van der Waals surface area contributed by atoms with Gasteiger partial charge in [0.1, 0.15) is 11.6 Å². The maximum atomic E-state index is 13.4. The lowest BCUT2D eigenvalue weighted by molar-refractivity contribution is 0.0917. The summed E-state index contributed by atoms with van der Waals surface area (Å²) in [7, 11) is -3.90. The van der Waals surface area contributed by atoms with Crippen molar-refractivity contribution in [2.24, 2.45) is 0 Å². The van der Waals surface area contributed by atoms with E-state index in [2.05, 4.69) is 15.0 Å². The number of hydrogen-bond acceptors (Lipinski definition) is 6. The molecule has 0 radical (unpaired) electrons. The average Bonchev–Trinajstić information content (AvgIpc) is 3.17. The predicted molar refractivity (Wildman–Crippen MR) is 111 cm³/mol. The lowest BCUT2D eigenvalue weighted by Gasteiger charge is -2.18. The van der Waals surface area contributed by atoms with Crippen LogP contribution in [0.3, 0.4) is 0 Å². The lowest BCUT2D eigenvalue weighted by Crippen LogP contribution is -2.40. The smallest absolute Gasteiger partial charge is 0.287 e. The number of hydrogen-bond donors (Lipinski definition) is 2. The van der Waals surface area contributed by atoms with Crippen molar-refractivity contribution >= 4 is 15.9 Å². The van der Waals surface area contributed by atoms with Crippen molar-refractivity contribution in [3.05, 3.63) is 71.9 Å². The molecular weight excluding hydrogens is 425 g/mol. The average molecular weight is 447 g/mol. The fourth-order valence-corrected chi connectivity index (χ4v) is 3.95. The Hall–Kier alpha value is -3.24. The molecule has 0 aliphatic heterocycles. The van der Waals surface area contributed by atoms with Crippen molar-refractivity contribution in [3.8, 4) is 11.6 Å². The summed E-state index contributed by atoms with van der Waals surface area (Å²) in [5.74, 6) is -0.764. The Labute approximate surface area is 179 Å². The number of sulfonamides is 1. The quantitative estimate of drug-likeness (QED) is 0.572. The summed E-state index contributed by atoms with van der Waals surface area (Å²) in [5, 5.41) is 2.27. The molecule has 2 heterocycles. The Kier molecular flexibility index (Phi) is 6.42. The number of nitrogens with zero attached hydrogens (tertiary/aromatic N) is 1. The molecule has 3 rings (SSSR count). The zero-order valence-electron chi connectivity index (χ0n) is 17.2. The van der Waals surface area contributed by atoms with Crippen molar-refractivity contribution in [1.82, 2.24) is 15.0 Å². The van der Waals surface area contributed by atoms with Crippen molar-refractivity contribution in [1.29, 1.82) is 0 Å². The van der Waals surface area contributed by atoms with E-state index in [0.29, 0.717) is 5.56 Å². The number of amides is 1. The highest BCUT2D eigenvalue weighted by atomic mass is 32.2. The fourth-order valence-electron chi connectivity index (χ4n) is 2.60. The van der Waals surface area contributed by atoms with Crippen LogP contribution in [0.5, 0.6) is 11.6 Å². The van der Waals surface area contributed by atoms with Crippen molar-refractivity contribution < 1.29 is 26.8 Å². The number of rotatable bonds is 7. The lowest BCUT2D eigenvalue weighted by atomic mass is 10.1. The van der Waals surface area contributed by atoms with Crippen LogP contribution < -0.4 is 14.8 Å². The van der Waals surface area contributed by atoms with Gasteiger partial charge in [-0.25, -0.2) is 22.5 Å². The van der Waals surface area contributed by atoms with Crippen LogP contribution in [0.2, 0.25) is 0 Å². The first-order valence-electron chi connectivity index (χ1n) is 9.33. The summed E-state index contributed by atoms with van der Waals surface area (Å²) >= 11 is 0. The Morgan fingerprint density at radius 3 is 2.65 bits per heavy atom. The van der Waals surface area contributed by atoms with Gasteiger partial charge in [0.05, 0.1) is 0 Å². The van der Waals surface area contributed by atoms with Gasteiger partial charge < -0.3 is 14.5 Å². The summed E-state index contributed by atoms with van der Waals surface area (Å²) in [6.07, 6.45) is 1.51. The maximum absolute atomic E-state index is 13.4. The molecule has 0 bridgehead atoms. The molecule has 31 heavy (non-hydrogen) atoms. The van der Waals surface area contributed by atoms with E-state index >= 15 is 0 Å². The van der Waals surface area contributed by atoms with Crippen LogP contribution in [0.15, 0.2) is 64.2 Å². The van der Waals surface area contributed by atoms with E-state index in [1.165, 1.54) is 36.5 Å². The minimum Gasteiger partial charge on any atom is -0.439 e. The monoisotopic (exact) mass is 447 g/mol. The van der Waals surface area contributed by atoms with Gasteiger partial charge in [-0.15, -0.1) is 0 Å². The normalized spacial score (nSPS) is 11.9. The third-order valence-electron chi connectivity index (χ3n) is 3.81. The first-order valence-corrected chi connectivity index (χ1v) is 10.8. The second-order valence-corrected chi connectivity index (χ2v) is 9.30. The van der Waals surface area contributed by atoms with E-state index in [4.69, 9.17) is 9.15 Å². The maximum Gasteiger partial charge on any atom is 0.287 e. The van der Waals surface area contributed by atoms with Gasteiger partial charge in [-0.05, 0) is 51.1 Å². The molecule has 8 nitrogen and oxygen atoms in total. The summed E-state index contributed by atoms with van der Waals surface area (Å²) in [6.45, 7) is 5.11. The molecule has 0 spiro atoms. The van der Waals surface area contributed by atoms with Gasteiger partial charge in [-0.1, -0.05) is 12.1 Å². The predicted octanol–water partition coefficient (Wildman–Crippen LogP) is 3.61. The van der Waals surface area contributed by atoms with E-state index in [-0.39, 0.29) is 29.0 Å². The van der Waals surface area contributed by atoms with Gasteiger partial charge >= 0.3 is 0 Å². The summed E-state index contributed by atoms with van der Waals surface area (Å²) in [4.78, 5) is 16.5. The topological polar surface area (TPSA) is 111 Å². The number of carbonyl (C=O) groups is 1. The van der Waals surface area contributed by atoms with Crippen LogP contribution in [0, 0.1) is 5.82 Å². The van der Waals surface area contributed by atoms with Gasteiger partial charge in [0, 0.05) is 29.9 Å². The zero-order chi connectivity index (χ0) is 22.6. The van der Waals surface area contributed by atoms with Crippen LogP contribution in [-0.2, 0) is 16.6 Å². The SMILES string of the molecule is CC(C)(C)NS(=O)(=O)c1ccc(C(=O)NCc2cccnc2Oc2cccc(F)c2)o1. The van der Waals surface area contributed by atoms with Crippen LogP contribution in [0.1, 0.15) is 36.9 Å². The number of pyridine rings is 1. The molecule has 10 heteroatoms. The Morgan fingerprint density at radius 1 is 1.16 bits per heavy atom. The van der Waals surface area contributed by atoms with Gasteiger partial charge in [0.15, 0.2) is 5.76 Å². The molecule has 0 unspecified atom stereocenters. The highest BCUT2D eigenvalue weighted by Crippen LogP contribution is 2.23. The van der Waals surface area contributed by atoms with Crippen molar-refractivity contribution in [2.75, 3.05) is 0 Å².